The van der Waals surface area contributed by atoms with E-state index >= 15 is 0 Å². The van der Waals surface area contributed by atoms with Gasteiger partial charge in [-0.2, -0.15) is 0 Å². The quantitative estimate of drug-likeness (QED) is 0.811. The van der Waals surface area contributed by atoms with Crippen LogP contribution in [0.2, 0.25) is 0 Å². The summed E-state index contributed by atoms with van der Waals surface area (Å²) in [7, 11) is 0. The molecular formula is C14H17F3N2O2. The van der Waals surface area contributed by atoms with Crippen LogP contribution in [0.15, 0.2) is 24.3 Å². The molecule has 0 saturated carbocycles. The van der Waals surface area contributed by atoms with E-state index in [0.717, 1.165) is 0 Å². The molecule has 7 heteroatoms. The van der Waals surface area contributed by atoms with Crippen LogP contribution in [0.1, 0.15) is 11.6 Å². The monoisotopic (exact) mass is 302 g/mol. The standard InChI is InChI=1S/C14H17F3N2O2/c15-11-4-2-1-3-10(11)13-14(20)18-5-6-19(13)7-8-21-9-12(16)17/h1-4,12-13H,5-9H2,(H,18,20)/t13-/m0/s1. The zero-order chi connectivity index (χ0) is 15.2. The summed E-state index contributed by atoms with van der Waals surface area (Å²) in [6.45, 7) is 0.688. The highest BCUT2D eigenvalue weighted by molar-refractivity contribution is 5.84. The number of alkyl halides is 2. The second kappa shape index (κ2) is 7.42. The third-order valence-corrected chi connectivity index (χ3v) is 3.28. The molecule has 21 heavy (non-hydrogen) atoms. The predicted octanol–water partition coefficient (Wildman–Crippen LogP) is 1.58. The van der Waals surface area contributed by atoms with E-state index in [0.29, 0.717) is 19.6 Å². The molecule has 1 aliphatic heterocycles. The van der Waals surface area contributed by atoms with Crippen molar-refractivity contribution in [3.05, 3.63) is 35.6 Å². The summed E-state index contributed by atoms with van der Waals surface area (Å²) < 4.78 is 42.7. The summed E-state index contributed by atoms with van der Waals surface area (Å²) in [6.07, 6.45) is -2.52. The van der Waals surface area contributed by atoms with Crippen molar-refractivity contribution in [3.63, 3.8) is 0 Å². The first-order valence-electron chi connectivity index (χ1n) is 6.71. The number of carbonyl (C=O) groups excluding carboxylic acids is 1. The van der Waals surface area contributed by atoms with Crippen LogP contribution in [-0.2, 0) is 9.53 Å². The Bertz CT molecular complexity index is 485. The maximum absolute atomic E-state index is 13.9. The number of nitrogens with zero attached hydrogens (tertiary/aromatic N) is 1. The Balaban J connectivity index is 2.04. The van der Waals surface area contributed by atoms with E-state index in [2.05, 4.69) is 5.32 Å². The van der Waals surface area contributed by atoms with Crippen molar-refractivity contribution in [2.75, 3.05) is 32.8 Å². The second-order valence-electron chi connectivity index (χ2n) is 4.72. The van der Waals surface area contributed by atoms with E-state index in [1.54, 1.807) is 23.1 Å². The van der Waals surface area contributed by atoms with Crippen LogP contribution in [0.4, 0.5) is 13.2 Å². The van der Waals surface area contributed by atoms with Gasteiger partial charge in [0, 0.05) is 25.2 Å². The van der Waals surface area contributed by atoms with Crippen LogP contribution < -0.4 is 5.32 Å². The molecule has 4 nitrogen and oxygen atoms in total. The molecule has 1 saturated heterocycles. The molecule has 1 amide bonds. The summed E-state index contributed by atoms with van der Waals surface area (Å²) >= 11 is 0. The summed E-state index contributed by atoms with van der Waals surface area (Å²) in [5, 5.41) is 2.69. The first-order chi connectivity index (χ1) is 10.1. The average Bonchev–Trinajstić information content (AvgIpc) is 2.45. The Kier molecular flexibility index (Phi) is 5.58. The third kappa shape index (κ3) is 4.18. The van der Waals surface area contributed by atoms with Crippen molar-refractivity contribution in [1.82, 2.24) is 10.2 Å². The molecule has 2 rings (SSSR count). The molecule has 0 radical (unpaired) electrons. The maximum atomic E-state index is 13.9. The van der Waals surface area contributed by atoms with Gasteiger partial charge in [-0.25, -0.2) is 13.2 Å². The molecule has 1 aromatic carbocycles. The van der Waals surface area contributed by atoms with Gasteiger partial charge in [0.05, 0.1) is 6.61 Å². The smallest absolute Gasteiger partial charge is 0.261 e. The van der Waals surface area contributed by atoms with Gasteiger partial charge in [-0.3, -0.25) is 9.69 Å². The molecule has 0 aliphatic carbocycles. The van der Waals surface area contributed by atoms with Crippen molar-refractivity contribution in [3.8, 4) is 0 Å². The average molecular weight is 302 g/mol. The van der Waals surface area contributed by atoms with Gasteiger partial charge in [-0.15, -0.1) is 0 Å². The van der Waals surface area contributed by atoms with Gasteiger partial charge in [0.1, 0.15) is 18.5 Å². The lowest BCUT2D eigenvalue weighted by atomic mass is 10.0. The Morgan fingerprint density at radius 3 is 2.86 bits per heavy atom. The molecule has 0 spiro atoms. The topological polar surface area (TPSA) is 41.6 Å². The fourth-order valence-corrected chi connectivity index (χ4v) is 2.34. The highest BCUT2D eigenvalue weighted by atomic mass is 19.3. The van der Waals surface area contributed by atoms with Crippen LogP contribution in [0.5, 0.6) is 0 Å². The Morgan fingerprint density at radius 2 is 2.14 bits per heavy atom. The minimum absolute atomic E-state index is 0.0720. The normalized spacial score (nSPS) is 19.8. The second-order valence-corrected chi connectivity index (χ2v) is 4.72. The number of amides is 1. The van der Waals surface area contributed by atoms with Crippen molar-refractivity contribution in [2.45, 2.75) is 12.5 Å². The SMILES string of the molecule is O=C1NCCN(CCOCC(F)F)[C@H]1c1ccccc1F. The highest BCUT2D eigenvalue weighted by Crippen LogP contribution is 2.25. The summed E-state index contributed by atoms with van der Waals surface area (Å²) in [5.74, 6) is -0.752. The van der Waals surface area contributed by atoms with Gasteiger partial charge < -0.3 is 10.1 Å². The highest BCUT2D eigenvalue weighted by Gasteiger charge is 2.32. The minimum atomic E-state index is -2.52. The first-order valence-corrected chi connectivity index (χ1v) is 6.71. The molecule has 1 fully saturated rings. The van der Waals surface area contributed by atoms with Crippen molar-refractivity contribution in [2.24, 2.45) is 0 Å². The van der Waals surface area contributed by atoms with Crippen molar-refractivity contribution >= 4 is 5.91 Å². The number of hydrogen-bond donors (Lipinski definition) is 1. The van der Waals surface area contributed by atoms with Gasteiger partial charge in [-0.05, 0) is 6.07 Å². The van der Waals surface area contributed by atoms with Gasteiger partial charge in [-0.1, -0.05) is 18.2 Å². The molecular weight excluding hydrogens is 285 g/mol. The zero-order valence-corrected chi connectivity index (χ0v) is 11.4. The number of halogens is 3. The third-order valence-electron chi connectivity index (χ3n) is 3.28. The van der Waals surface area contributed by atoms with Crippen LogP contribution in [-0.4, -0.2) is 50.1 Å². The van der Waals surface area contributed by atoms with E-state index in [9.17, 15) is 18.0 Å². The first kappa shape index (κ1) is 15.8. The van der Waals surface area contributed by atoms with E-state index in [1.807, 2.05) is 0 Å². The van der Waals surface area contributed by atoms with Crippen molar-refractivity contribution < 1.29 is 22.7 Å². The molecule has 1 N–H and O–H groups in total. The number of hydrogen-bond acceptors (Lipinski definition) is 3. The number of carbonyl (C=O) groups is 1. The van der Waals surface area contributed by atoms with E-state index in [1.165, 1.54) is 6.07 Å². The number of nitrogens with one attached hydrogen (secondary N) is 1. The lowest BCUT2D eigenvalue weighted by Gasteiger charge is -2.35. The van der Waals surface area contributed by atoms with Gasteiger partial charge in [0.2, 0.25) is 5.91 Å². The Labute approximate surface area is 120 Å². The lowest BCUT2D eigenvalue weighted by molar-refractivity contribution is -0.130. The summed E-state index contributed by atoms with van der Waals surface area (Å²) in [5.41, 5.74) is 0.281. The molecule has 1 atom stereocenters. The van der Waals surface area contributed by atoms with Crippen LogP contribution in [0, 0.1) is 5.82 Å². The maximum Gasteiger partial charge on any atom is 0.261 e. The van der Waals surface area contributed by atoms with E-state index in [4.69, 9.17) is 4.74 Å². The summed E-state index contributed by atoms with van der Waals surface area (Å²) in [4.78, 5) is 13.8. The van der Waals surface area contributed by atoms with Crippen LogP contribution in [0.25, 0.3) is 0 Å². The molecule has 116 valence electrons. The largest absolute Gasteiger partial charge is 0.374 e. The van der Waals surface area contributed by atoms with Gasteiger partial charge in [0.25, 0.3) is 6.43 Å². The Morgan fingerprint density at radius 1 is 1.38 bits per heavy atom. The molecule has 0 aromatic heterocycles. The fraction of sp³-hybridized carbons (Fsp3) is 0.500. The lowest BCUT2D eigenvalue weighted by Crippen LogP contribution is -2.51. The van der Waals surface area contributed by atoms with Gasteiger partial charge in [0.15, 0.2) is 0 Å². The molecule has 1 aromatic rings. The predicted molar refractivity (Wildman–Crippen MR) is 70.5 cm³/mol. The number of piperazine rings is 1. The van der Waals surface area contributed by atoms with Gasteiger partial charge >= 0.3 is 0 Å². The molecule has 1 heterocycles. The van der Waals surface area contributed by atoms with Crippen molar-refractivity contribution in [1.29, 1.82) is 0 Å². The van der Waals surface area contributed by atoms with E-state index < -0.39 is 24.9 Å². The zero-order valence-electron chi connectivity index (χ0n) is 11.4. The summed E-state index contributed by atoms with van der Waals surface area (Å²) in [6, 6.07) is 5.30. The van der Waals surface area contributed by atoms with Crippen LogP contribution >= 0.6 is 0 Å². The molecule has 0 bridgehead atoms. The number of ether oxygens (including phenoxy) is 1. The minimum Gasteiger partial charge on any atom is -0.374 e. The van der Waals surface area contributed by atoms with E-state index in [-0.39, 0.29) is 18.1 Å². The molecule has 0 unspecified atom stereocenters. The van der Waals surface area contributed by atoms with Crippen LogP contribution in [0.3, 0.4) is 0 Å². The molecule has 1 aliphatic rings. The Hall–Kier alpha value is -1.60. The number of rotatable bonds is 6. The number of benzene rings is 1. The fourth-order valence-electron chi connectivity index (χ4n) is 2.34.